The number of amides is 1. The topological polar surface area (TPSA) is 73.2 Å². The smallest absolute Gasteiger partial charge is 0.325 e. The highest BCUT2D eigenvalue weighted by molar-refractivity contribution is 5.96. The summed E-state index contributed by atoms with van der Waals surface area (Å²) in [6.45, 7) is 3.92. The number of nitrogens with one attached hydrogen (secondary N) is 1. The van der Waals surface area contributed by atoms with Crippen LogP contribution in [0.2, 0.25) is 0 Å². The Bertz CT molecular complexity index is 931. The zero-order chi connectivity index (χ0) is 19.2. The molecular weight excluding hydrogens is 342 g/mol. The minimum atomic E-state index is -0.480. The Morgan fingerprint density at radius 1 is 1.04 bits per heavy atom. The fourth-order valence-electron chi connectivity index (χ4n) is 2.69. The summed E-state index contributed by atoms with van der Waals surface area (Å²) in [6.07, 6.45) is 0. The number of carbonyl (C=O) groups is 2. The van der Waals surface area contributed by atoms with Crippen molar-refractivity contribution in [3.8, 4) is 5.69 Å². The van der Waals surface area contributed by atoms with E-state index in [-0.39, 0.29) is 19.1 Å². The average Bonchev–Trinajstić information content (AvgIpc) is 3.03. The first kappa shape index (κ1) is 18.4. The van der Waals surface area contributed by atoms with Gasteiger partial charge in [-0.1, -0.05) is 30.3 Å². The van der Waals surface area contributed by atoms with Gasteiger partial charge in [0.05, 0.1) is 11.4 Å². The molecule has 6 nitrogen and oxygen atoms in total. The molecule has 6 heteroatoms. The number of hydrogen-bond donors (Lipinski definition) is 1. The van der Waals surface area contributed by atoms with E-state index in [0.29, 0.717) is 5.56 Å². The molecular formula is C21H21N3O3. The van der Waals surface area contributed by atoms with Gasteiger partial charge in [-0.2, -0.15) is 5.10 Å². The molecule has 2 aromatic carbocycles. The Hall–Kier alpha value is -3.41. The van der Waals surface area contributed by atoms with Gasteiger partial charge in [0.2, 0.25) is 0 Å². The molecule has 3 aromatic rings. The van der Waals surface area contributed by atoms with Crippen molar-refractivity contribution in [2.75, 3.05) is 6.54 Å². The van der Waals surface area contributed by atoms with Crippen molar-refractivity contribution in [1.82, 2.24) is 15.1 Å². The number of esters is 1. The van der Waals surface area contributed by atoms with Gasteiger partial charge in [-0.15, -0.1) is 0 Å². The van der Waals surface area contributed by atoms with Crippen LogP contribution >= 0.6 is 0 Å². The summed E-state index contributed by atoms with van der Waals surface area (Å²) in [5.41, 5.74) is 4.20. The van der Waals surface area contributed by atoms with Crippen LogP contribution in [0.5, 0.6) is 0 Å². The van der Waals surface area contributed by atoms with Crippen LogP contribution in [0.3, 0.4) is 0 Å². The van der Waals surface area contributed by atoms with Gasteiger partial charge in [0.25, 0.3) is 5.91 Å². The van der Waals surface area contributed by atoms with E-state index in [9.17, 15) is 9.59 Å². The minimum absolute atomic E-state index is 0.176. The van der Waals surface area contributed by atoms with Crippen LogP contribution in [-0.4, -0.2) is 28.2 Å². The molecule has 27 heavy (non-hydrogen) atoms. The van der Waals surface area contributed by atoms with Crippen LogP contribution in [0.15, 0.2) is 60.7 Å². The Kier molecular flexibility index (Phi) is 5.66. The zero-order valence-electron chi connectivity index (χ0n) is 15.3. The van der Waals surface area contributed by atoms with Crippen molar-refractivity contribution >= 4 is 11.9 Å². The first-order valence-corrected chi connectivity index (χ1v) is 8.64. The Balaban J connectivity index is 1.52. The molecule has 1 amide bonds. The molecule has 0 unspecified atom stereocenters. The number of aryl methyl sites for hydroxylation is 2. The molecule has 1 aromatic heterocycles. The Morgan fingerprint density at radius 3 is 2.37 bits per heavy atom. The summed E-state index contributed by atoms with van der Waals surface area (Å²) in [5, 5.41) is 6.99. The van der Waals surface area contributed by atoms with Crippen molar-refractivity contribution < 1.29 is 14.3 Å². The second-order valence-corrected chi connectivity index (χ2v) is 6.21. The lowest BCUT2D eigenvalue weighted by atomic mass is 10.2. The minimum Gasteiger partial charge on any atom is -0.460 e. The van der Waals surface area contributed by atoms with Crippen molar-refractivity contribution in [3.05, 3.63) is 83.2 Å². The number of benzene rings is 2. The van der Waals surface area contributed by atoms with E-state index in [2.05, 4.69) is 10.4 Å². The number of aromatic nitrogens is 2. The number of rotatable bonds is 6. The lowest BCUT2D eigenvalue weighted by molar-refractivity contribution is -0.143. The number of ether oxygens (including phenoxy) is 1. The average molecular weight is 363 g/mol. The van der Waals surface area contributed by atoms with E-state index >= 15 is 0 Å². The van der Waals surface area contributed by atoms with Crippen LogP contribution in [0, 0.1) is 13.8 Å². The first-order valence-electron chi connectivity index (χ1n) is 8.64. The fraction of sp³-hybridized carbons (Fsp3) is 0.190. The quantitative estimate of drug-likeness (QED) is 0.684. The number of carbonyl (C=O) groups excluding carboxylic acids is 2. The molecule has 3 rings (SSSR count). The Labute approximate surface area is 157 Å². The van der Waals surface area contributed by atoms with E-state index in [1.54, 1.807) is 12.1 Å². The zero-order valence-corrected chi connectivity index (χ0v) is 15.3. The van der Waals surface area contributed by atoms with Gasteiger partial charge in [-0.3, -0.25) is 9.59 Å². The van der Waals surface area contributed by atoms with E-state index in [1.165, 1.54) is 0 Å². The monoisotopic (exact) mass is 363 g/mol. The summed E-state index contributed by atoms with van der Waals surface area (Å²) < 4.78 is 6.96. The predicted octanol–water partition coefficient (Wildman–Crippen LogP) is 2.96. The van der Waals surface area contributed by atoms with Crippen molar-refractivity contribution in [3.63, 3.8) is 0 Å². The molecule has 1 N–H and O–H groups in total. The van der Waals surface area contributed by atoms with Gasteiger partial charge >= 0.3 is 5.97 Å². The molecule has 0 saturated carbocycles. The standard InChI is InChI=1S/C21H21N3O3/c1-15-12-16(2)24(23-15)19-10-8-18(9-11-19)21(26)22-13-20(25)27-14-17-6-4-3-5-7-17/h3-12H,13-14H2,1-2H3,(H,22,26). The SMILES string of the molecule is Cc1cc(C)n(-c2ccc(C(=O)NCC(=O)OCc3ccccc3)cc2)n1. The maximum absolute atomic E-state index is 12.2. The maximum atomic E-state index is 12.2. The summed E-state index contributed by atoms with van der Waals surface area (Å²) in [6, 6.07) is 18.4. The highest BCUT2D eigenvalue weighted by Crippen LogP contribution is 2.13. The summed E-state index contributed by atoms with van der Waals surface area (Å²) in [5.74, 6) is -0.807. The molecule has 1 heterocycles. The van der Waals surface area contributed by atoms with Crippen molar-refractivity contribution in [2.45, 2.75) is 20.5 Å². The molecule has 0 radical (unpaired) electrons. The maximum Gasteiger partial charge on any atom is 0.325 e. The first-order chi connectivity index (χ1) is 13.0. The molecule has 0 aliphatic carbocycles. The summed E-state index contributed by atoms with van der Waals surface area (Å²) >= 11 is 0. The van der Waals surface area contributed by atoms with E-state index in [1.807, 2.05) is 67.1 Å². The lowest BCUT2D eigenvalue weighted by Gasteiger charge is -2.08. The van der Waals surface area contributed by atoms with Gasteiger partial charge in [0.15, 0.2) is 0 Å². The molecule has 0 aliphatic rings. The van der Waals surface area contributed by atoms with E-state index in [4.69, 9.17) is 4.74 Å². The van der Waals surface area contributed by atoms with Crippen LogP contribution < -0.4 is 5.32 Å². The molecule has 0 spiro atoms. The van der Waals surface area contributed by atoms with Gasteiger partial charge in [0, 0.05) is 11.3 Å². The third-order valence-electron chi connectivity index (χ3n) is 4.02. The van der Waals surface area contributed by atoms with E-state index in [0.717, 1.165) is 22.6 Å². The third kappa shape index (κ3) is 4.82. The molecule has 0 atom stereocenters. The molecule has 0 saturated heterocycles. The van der Waals surface area contributed by atoms with Crippen LogP contribution in [-0.2, 0) is 16.1 Å². The normalized spacial score (nSPS) is 10.4. The second-order valence-electron chi connectivity index (χ2n) is 6.21. The summed E-state index contributed by atoms with van der Waals surface area (Å²) in [4.78, 5) is 24.0. The van der Waals surface area contributed by atoms with Crippen LogP contribution in [0.25, 0.3) is 5.69 Å². The van der Waals surface area contributed by atoms with Gasteiger partial charge in [-0.25, -0.2) is 4.68 Å². The Morgan fingerprint density at radius 2 is 1.74 bits per heavy atom. The highest BCUT2D eigenvalue weighted by atomic mass is 16.5. The largest absolute Gasteiger partial charge is 0.460 e. The molecule has 0 bridgehead atoms. The van der Waals surface area contributed by atoms with Crippen LogP contribution in [0.1, 0.15) is 27.3 Å². The molecule has 0 aliphatic heterocycles. The van der Waals surface area contributed by atoms with E-state index < -0.39 is 5.97 Å². The van der Waals surface area contributed by atoms with Gasteiger partial charge in [-0.05, 0) is 49.7 Å². The van der Waals surface area contributed by atoms with Crippen molar-refractivity contribution in [1.29, 1.82) is 0 Å². The van der Waals surface area contributed by atoms with Crippen molar-refractivity contribution in [2.24, 2.45) is 0 Å². The molecule has 0 fully saturated rings. The third-order valence-corrected chi connectivity index (χ3v) is 4.02. The van der Waals surface area contributed by atoms with Gasteiger partial charge < -0.3 is 10.1 Å². The number of hydrogen-bond acceptors (Lipinski definition) is 4. The lowest BCUT2D eigenvalue weighted by Crippen LogP contribution is -2.30. The number of nitrogens with zero attached hydrogens (tertiary/aromatic N) is 2. The predicted molar refractivity (Wildman–Crippen MR) is 102 cm³/mol. The highest BCUT2D eigenvalue weighted by Gasteiger charge is 2.10. The van der Waals surface area contributed by atoms with Gasteiger partial charge in [0.1, 0.15) is 13.2 Å². The summed E-state index contributed by atoms with van der Waals surface area (Å²) in [7, 11) is 0. The fourth-order valence-corrected chi connectivity index (χ4v) is 2.69. The molecule has 138 valence electrons. The second kappa shape index (κ2) is 8.31. The van der Waals surface area contributed by atoms with Crippen LogP contribution in [0.4, 0.5) is 0 Å².